The van der Waals surface area contributed by atoms with Gasteiger partial charge in [-0.15, -0.1) is 0 Å². The summed E-state index contributed by atoms with van der Waals surface area (Å²) >= 11 is 0. The summed E-state index contributed by atoms with van der Waals surface area (Å²) in [6.07, 6.45) is 1.23. The summed E-state index contributed by atoms with van der Waals surface area (Å²) in [5, 5.41) is 2.86. The number of anilines is 1. The van der Waals surface area contributed by atoms with Gasteiger partial charge in [0, 0.05) is 58.0 Å². The van der Waals surface area contributed by atoms with Crippen LogP contribution in [-0.2, 0) is 16.0 Å². The molecule has 0 fully saturated rings. The number of hydrogen-bond acceptors (Lipinski definition) is 5. The van der Waals surface area contributed by atoms with Crippen LogP contribution in [0, 0.1) is 5.92 Å². The fourth-order valence-corrected chi connectivity index (χ4v) is 4.40. The van der Waals surface area contributed by atoms with Crippen LogP contribution >= 0.6 is 0 Å². The fraction of sp³-hybridized carbons (Fsp3) is 0.500. The molecule has 1 aliphatic heterocycles. The lowest BCUT2D eigenvalue weighted by molar-refractivity contribution is -0.115. The topological polar surface area (TPSA) is 71.1 Å². The second kappa shape index (κ2) is 12.7. The van der Waals surface area contributed by atoms with Crippen LogP contribution in [0.2, 0.25) is 0 Å². The molecule has 7 heteroatoms. The zero-order chi connectivity index (χ0) is 25.4. The maximum atomic E-state index is 13.3. The van der Waals surface area contributed by atoms with E-state index < -0.39 is 0 Å². The first-order valence-corrected chi connectivity index (χ1v) is 12.4. The Kier molecular flexibility index (Phi) is 9.69. The molecule has 3 rings (SSSR count). The van der Waals surface area contributed by atoms with Gasteiger partial charge in [0.2, 0.25) is 5.91 Å². The molecule has 0 radical (unpaired) electrons. The van der Waals surface area contributed by atoms with Gasteiger partial charge in [0.1, 0.15) is 12.4 Å². The van der Waals surface area contributed by atoms with Crippen molar-refractivity contribution in [3.05, 3.63) is 59.7 Å². The molecule has 1 N–H and O–H groups in total. The Labute approximate surface area is 209 Å². The van der Waals surface area contributed by atoms with Crippen molar-refractivity contribution in [1.29, 1.82) is 0 Å². The quantitative estimate of drug-likeness (QED) is 0.673. The first-order valence-electron chi connectivity index (χ1n) is 12.4. The third kappa shape index (κ3) is 7.29. The number of fused-ring (bicyclic) bond motifs is 1. The van der Waals surface area contributed by atoms with Gasteiger partial charge in [-0.3, -0.25) is 14.5 Å². The number of likely N-dealkylation sites (N-methyl/N-ethyl adjacent to an activating group) is 1. The number of methoxy groups -OCH3 is 1. The molecule has 0 bridgehead atoms. The van der Waals surface area contributed by atoms with E-state index in [0.29, 0.717) is 36.6 Å². The van der Waals surface area contributed by atoms with Crippen molar-refractivity contribution in [3.8, 4) is 5.75 Å². The largest absolute Gasteiger partial charge is 0.491 e. The number of carbonyl (C=O) groups is 2. The molecule has 2 aromatic carbocycles. The highest BCUT2D eigenvalue weighted by Gasteiger charge is 2.28. The van der Waals surface area contributed by atoms with E-state index in [0.717, 1.165) is 19.5 Å². The molecular weight excluding hydrogens is 442 g/mol. The van der Waals surface area contributed by atoms with Crippen molar-refractivity contribution < 1.29 is 19.1 Å². The molecule has 190 valence electrons. The van der Waals surface area contributed by atoms with Crippen LogP contribution in [0.4, 0.5) is 5.69 Å². The average molecular weight is 482 g/mol. The van der Waals surface area contributed by atoms with E-state index in [-0.39, 0.29) is 29.9 Å². The van der Waals surface area contributed by atoms with Gasteiger partial charge in [-0.25, -0.2) is 0 Å². The predicted molar refractivity (Wildman–Crippen MR) is 139 cm³/mol. The Morgan fingerprint density at radius 2 is 1.89 bits per heavy atom. The van der Waals surface area contributed by atoms with Gasteiger partial charge < -0.3 is 19.7 Å². The van der Waals surface area contributed by atoms with Gasteiger partial charge in [-0.1, -0.05) is 44.2 Å². The van der Waals surface area contributed by atoms with Gasteiger partial charge in [0.15, 0.2) is 0 Å². The van der Waals surface area contributed by atoms with Crippen molar-refractivity contribution in [2.24, 2.45) is 5.92 Å². The van der Waals surface area contributed by atoms with Crippen LogP contribution < -0.4 is 10.1 Å². The number of nitrogens with zero attached hydrogens (tertiary/aromatic N) is 2. The van der Waals surface area contributed by atoms with Gasteiger partial charge >= 0.3 is 0 Å². The Morgan fingerprint density at radius 1 is 1.14 bits per heavy atom. The minimum atomic E-state index is -0.128. The Hall–Kier alpha value is -2.90. The van der Waals surface area contributed by atoms with Crippen molar-refractivity contribution in [2.75, 3.05) is 45.7 Å². The molecular formula is C28H39N3O4. The lowest BCUT2D eigenvalue weighted by Gasteiger charge is -2.36. The molecule has 1 heterocycles. The minimum absolute atomic E-state index is 0.0843. The Balaban J connectivity index is 1.89. The SMILES string of the molecule is CCC(=O)Nc1ccc2c(c1)OC[C@H](C)N(CCc1ccccc1)C[C@H](C)[C@@H](OC)CN(C)C2=O. The van der Waals surface area contributed by atoms with Crippen molar-refractivity contribution in [2.45, 2.75) is 45.8 Å². The minimum Gasteiger partial charge on any atom is -0.491 e. The van der Waals surface area contributed by atoms with Crippen LogP contribution in [0.3, 0.4) is 0 Å². The summed E-state index contributed by atoms with van der Waals surface area (Å²) in [7, 11) is 3.50. The van der Waals surface area contributed by atoms with E-state index in [1.807, 2.05) is 6.07 Å². The maximum Gasteiger partial charge on any atom is 0.257 e. The molecule has 3 atom stereocenters. The molecule has 2 aromatic rings. The van der Waals surface area contributed by atoms with Gasteiger partial charge in [0.05, 0.1) is 11.7 Å². The van der Waals surface area contributed by atoms with Crippen LogP contribution in [0.15, 0.2) is 48.5 Å². The number of benzene rings is 2. The van der Waals surface area contributed by atoms with Gasteiger partial charge in [-0.05, 0) is 37.0 Å². The Morgan fingerprint density at radius 3 is 2.57 bits per heavy atom. The molecule has 0 aromatic heterocycles. The lowest BCUT2D eigenvalue weighted by Crippen LogP contribution is -2.47. The maximum absolute atomic E-state index is 13.3. The number of amides is 2. The summed E-state index contributed by atoms with van der Waals surface area (Å²) in [5.74, 6) is 0.489. The monoisotopic (exact) mass is 481 g/mol. The molecule has 0 unspecified atom stereocenters. The van der Waals surface area contributed by atoms with Gasteiger partial charge in [-0.2, -0.15) is 0 Å². The standard InChI is InChI=1S/C28H39N3O4/c1-6-27(32)29-23-12-13-24-25(16-23)35-19-21(3)31(15-14-22-10-8-7-9-11-22)17-20(2)26(34-5)18-30(4)28(24)33/h7-13,16,20-21,26H,6,14-15,17-19H2,1-5H3,(H,29,32)/t20-,21-,26-/m0/s1. The highest BCUT2D eigenvalue weighted by atomic mass is 16.5. The predicted octanol–water partition coefficient (Wildman–Crippen LogP) is 4.08. The number of rotatable bonds is 6. The highest BCUT2D eigenvalue weighted by Crippen LogP contribution is 2.27. The second-order valence-electron chi connectivity index (χ2n) is 9.44. The van der Waals surface area contributed by atoms with Crippen LogP contribution in [-0.4, -0.2) is 74.2 Å². The molecule has 0 saturated carbocycles. The van der Waals surface area contributed by atoms with Crippen molar-refractivity contribution >= 4 is 17.5 Å². The zero-order valence-corrected chi connectivity index (χ0v) is 21.6. The number of ether oxygens (including phenoxy) is 2. The Bertz CT molecular complexity index is 981. The molecule has 0 aliphatic carbocycles. The third-order valence-corrected chi connectivity index (χ3v) is 6.71. The second-order valence-corrected chi connectivity index (χ2v) is 9.44. The lowest BCUT2D eigenvalue weighted by atomic mass is 10.0. The highest BCUT2D eigenvalue weighted by molar-refractivity contribution is 5.98. The number of carbonyl (C=O) groups excluding carboxylic acids is 2. The van der Waals surface area contributed by atoms with E-state index in [4.69, 9.17) is 9.47 Å². The van der Waals surface area contributed by atoms with Crippen LogP contribution in [0.5, 0.6) is 5.75 Å². The van der Waals surface area contributed by atoms with E-state index in [2.05, 4.69) is 48.3 Å². The van der Waals surface area contributed by atoms with Crippen LogP contribution in [0.25, 0.3) is 0 Å². The third-order valence-electron chi connectivity index (χ3n) is 6.71. The van der Waals surface area contributed by atoms with Crippen LogP contribution in [0.1, 0.15) is 43.1 Å². The molecule has 7 nitrogen and oxygen atoms in total. The molecule has 1 aliphatic rings. The summed E-state index contributed by atoms with van der Waals surface area (Å²) < 4.78 is 12.1. The first kappa shape index (κ1) is 26.7. The summed E-state index contributed by atoms with van der Waals surface area (Å²) in [6.45, 7) is 8.76. The van der Waals surface area contributed by atoms with Crippen molar-refractivity contribution in [1.82, 2.24) is 9.80 Å². The summed E-state index contributed by atoms with van der Waals surface area (Å²) in [4.78, 5) is 29.3. The van der Waals surface area contributed by atoms with Crippen molar-refractivity contribution in [3.63, 3.8) is 0 Å². The normalized spacial score (nSPS) is 21.9. The van der Waals surface area contributed by atoms with Gasteiger partial charge in [0.25, 0.3) is 5.91 Å². The van der Waals surface area contributed by atoms with E-state index in [9.17, 15) is 9.59 Å². The average Bonchev–Trinajstić information content (AvgIpc) is 2.87. The van der Waals surface area contributed by atoms with E-state index in [1.165, 1.54) is 5.56 Å². The molecule has 0 saturated heterocycles. The van der Waals surface area contributed by atoms with E-state index >= 15 is 0 Å². The van der Waals surface area contributed by atoms with E-state index in [1.54, 1.807) is 44.2 Å². The number of hydrogen-bond donors (Lipinski definition) is 1. The zero-order valence-electron chi connectivity index (χ0n) is 21.6. The number of nitrogens with one attached hydrogen (secondary N) is 1. The fourth-order valence-electron chi connectivity index (χ4n) is 4.40. The molecule has 0 spiro atoms. The molecule has 2 amide bonds. The summed E-state index contributed by atoms with van der Waals surface area (Å²) in [5.41, 5.74) is 2.40. The smallest absolute Gasteiger partial charge is 0.257 e. The molecule has 35 heavy (non-hydrogen) atoms. The summed E-state index contributed by atoms with van der Waals surface area (Å²) in [6, 6.07) is 15.8. The first-order chi connectivity index (χ1) is 16.8.